The van der Waals surface area contributed by atoms with Gasteiger partial charge in [-0.15, -0.1) is 0 Å². The predicted octanol–water partition coefficient (Wildman–Crippen LogP) is 0.974. The molecule has 6 nitrogen and oxygen atoms in total. The summed E-state index contributed by atoms with van der Waals surface area (Å²) in [6.07, 6.45) is 0. The van der Waals surface area contributed by atoms with Crippen LogP contribution in [-0.2, 0) is 19.6 Å². The Hall–Kier alpha value is -1.44. The van der Waals surface area contributed by atoms with Gasteiger partial charge in [-0.25, -0.2) is 8.42 Å². The number of rotatable bonds is 3. The first-order chi connectivity index (χ1) is 9.41. The number of nitrogens with one attached hydrogen (secondary N) is 1. The van der Waals surface area contributed by atoms with E-state index < -0.39 is 10.0 Å². The highest BCUT2D eigenvalue weighted by Gasteiger charge is 2.27. The lowest BCUT2D eigenvalue weighted by molar-refractivity contribution is -0.114. The van der Waals surface area contributed by atoms with Crippen LogP contribution in [0.1, 0.15) is 12.5 Å². The molecule has 0 saturated carbocycles. The third-order valence-corrected chi connectivity index (χ3v) is 5.14. The van der Waals surface area contributed by atoms with Crippen molar-refractivity contribution in [2.24, 2.45) is 0 Å². The molecule has 0 radical (unpaired) electrons. The van der Waals surface area contributed by atoms with Crippen molar-refractivity contribution in [2.75, 3.05) is 31.6 Å². The highest BCUT2D eigenvalue weighted by molar-refractivity contribution is 7.89. The van der Waals surface area contributed by atoms with Crippen LogP contribution in [0, 0.1) is 6.92 Å². The summed E-state index contributed by atoms with van der Waals surface area (Å²) in [5, 5.41) is 2.60. The van der Waals surface area contributed by atoms with E-state index in [1.165, 1.54) is 17.3 Å². The first-order valence-corrected chi connectivity index (χ1v) is 7.81. The number of carbonyl (C=O) groups excluding carboxylic acids is 1. The van der Waals surface area contributed by atoms with E-state index in [4.69, 9.17) is 4.74 Å². The molecule has 1 fully saturated rings. The average Bonchev–Trinajstić information content (AvgIpc) is 2.41. The number of nitrogens with zero attached hydrogens (tertiary/aromatic N) is 1. The van der Waals surface area contributed by atoms with E-state index >= 15 is 0 Å². The zero-order valence-electron chi connectivity index (χ0n) is 11.5. The maximum absolute atomic E-state index is 12.6. The maximum atomic E-state index is 12.6. The SMILES string of the molecule is CC(=O)Nc1ccc(C)c(S(=O)(=O)N2CCOCC2)c1. The van der Waals surface area contributed by atoms with Crippen molar-refractivity contribution in [1.29, 1.82) is 0 Å². The minimum Gasteiger partial charge on any atom is -0.379 e. The molecule has 0 spiro atoms. The van der Waals surface area contributed by atoms with Crippen LogP contribution in [0.15, 0.2) is 23.1 Å². The first-order valence-electron chi connectivity index (χ1n) is 6.37. The lowest BCUT2D eigenvalue weighted by Gasteiger charge is -2.26. The van der Waals surface area contributed by atoms with Gasteiger partial charge in [0.05, 0.1) is 18.1 Å². The molecule has 110 valence electrons. The van der Waals surface area contributed by atoms with Crippen molar-refractivity contribution in [3.05, 3.63) is 23.8 Å². The summed E-state index contributed by atoms with van der Waals surface area (Å²) in [4.78, 5) is 11.3. The molecule has 20 heavy (non-hydrogen) atoms. The van der Waals surface area contributed by atoms with Gasteiger partial charge in [0.1, 0.15) is 0 Å². The second-order valence-electron chi connectivity index (χ2n) is 4.68. The zero-order chi connectivity index (χ0) is 14.8. The van der Waals surface area contributed by atoms with Gasteiger partial charge >= 0.3 is 0 Å². The Labute approximate surface area is 118 Å². The molecule has 1 aromatic carbocycles. The third-order valence-electron chi connectivity index (χ3n) is 3.10. The van der Waals surface area contributed by atoms with Crippen LogP contribution in [0.3, 0.4) is 0 Å². The second kappa shape index (κ2) is 5.90. The van der Waals surface area contributed by atoms with Gasteiger partial charge in [-0.05, 0) is 24.6 Å². The van der Waals surface area contributed by atoms with Crippen LogP contribution in [0.4, 0.5) is 5.69 Å². The van der Waals surface area contributed by atoms with E-state index in [9.17, 15) is 13.2 Å². The van der Waals surface area contributed by atoms with Gasteiger partial charge in [0, 0.05) is 25.7 Å². The Balaban J connectivity index is 2.36. The number of hydrogen-bond acceptors (Lipinski definition) is 4. The minimum absolute atomic E-state index is 0.227. The van der Waals surface area contributed by atoms with Gasteiger partial charge in [0.2, 0.25) is 15.9 Å². The Morgan fingerprint density at radius 2 is 1.95 bits per heavy atom. The monoisotopic (exact) mass is 298 g/mol. The van der Waals surface area contributed by atoms with Crippen LogP contribution in [-0.4, -0.2) is 44.9 Å². The number of carbonyl (C=O) groups is 1. The molecule has 1 saturated heterocycles. The summed E-state index contributed by atoms with van der Waals surface area (Å²) >= 11 is 0. The van der Waals surface area contributed by atoms with Crippen LogP contribution in [0.2, 0.25) is 0 Å². The summed E-state index contributed by atoms with van der Waals surface area (Å²) < 4.78 is 31.8. The Kier molecular flexibility index (Phi) is 4.42. The molecular formula is C13H18N2O4S. The van der Waals surface area contributed by atoms with Crippen molar-refractivity contribution >= 4 is 21.6 Å². The lowest BCUT2D eigenvalue weighted by atomic mass is 10.2. The fourth-order valence-corrected chi connectivity index (χ4v) is 3.74. The molecule has 1 amide bonds. The van der Waals surface area contributed by atoms with Gasteiger partial charge in [0.15, 0.2) is 0 Å². The highest BCUT2D eigenvalue weighted by Crippen LogP contribution is 2.24. The molecular weight excluding hydrogens is 280 g/mol. The van der Waals surface area contributed by atoms with Gasteiger partial charge in [-0.3, -0.25) is 4.79 Å². The molecule has 1 N–H and O–H groups in total. The van der Waals surface area contributed by atoms with E-state index in [0.29, 0.717) is 37.6 Å². The normalized spacial score (nSPS) is 16.9. The van der Waals surface area contributed by atoms with Crippen LogP contribution in [0.25, 0.3) is 0 Å². The van der Waals surface area contributed by atoms with Gasteiger partial charge in [-0.2, -0.15) is 4.31 Å². The fraction of sp³-hybridized carbons (Fsp3) is 0.462. The number of ether oxygens (including phenoxy) is 1. The Morgan fingerprint density at radius 1 is 1.30 bits per heavy atom. The summed E-state index contributed by atoms with van der Waals surface area (Å²) in [5.41, 5.74) is 1.14. The van der Waals surface area contributed by atoms with Crippen LogP contribution < -0.4 is 5.32 Å². The smallest absolute Gasteiger partial charge is 0.243 e. The third kappa shape index (κ3) is 3.17. The van der Waals surface area contributed by atoms with E-state index in [-0.39, 0.29) is 10.8 Å². The second-order valence-corrected chi connectivity index (χ2v) is 6.58. The number of benzene rings is 1. The first kappa shape index (κ1) is 15.0. The van der Waals surface area contributed by atoms with Crippen molar-refractivity contribution in [1.82, 2.24) is 4.31 Å². The largest absolute Gasteiger partial charge is 0.379 e. The Morgan fingerprint density at radius 3 is 2.55 bits per heavy atom. The zero-order valence-corrected chi connectivity index (χ0v) is 12.4. The van der Waals surface area contributed by atoms with Gasteiger partial charge < -0.3 is 10.1 Å². The van der Waals surface area contributed by atoms with Gasteiger partial charge in [0.25, 0.3) is 0 Å². The van der Waals surface area contributed by atoms with Crippen molar-refractivity contribution in [3.63, 3.8) is 0 Å². The maximum Gasteiger partial charge on any atom is 0.243 e. The average molecular weight is 298 g/mol. The number of hydrogen-bond donors (Lipinski definition) is 1. The van der Waals surface area contributed by atoms with Gasteiger partial charge in [-0.1, -0.05) is 6.07 Å². The number of morpholine rings is 1. The molecule has 0 unspecified atom stereocenters. The molecule has 0 bridgehead atoms. The highest BCUT2D eigenvalue weighted by atomic mass is 32.2. The standard InChI is InChI=1S/C13H18N2O4S/c1-10-3-4-12(14-11(2)16)9-13(10)20(17,18)15-5-7-19-8-6-15/h3-4,9H,5-8H2,1-2H3,(H,14,16). The van der Waals surface area contributed by atoms with E-state index in [0.717, 1.165) is 0 Å². The van der Waals surface area contributed by atoms with Crippen molar-refractivity contribution in [2.45, 2.75) is 18.7 Å². The molecule has 1 heterocycles. The molecule has 0 aliphatic carbocycles. The van der Waals surface area contributed by atoms with Crippen molar-refractivity contribution < 1.29 is 17.9 Å². The molecule has 1 aliphatic rings. The van der Waals surface area contributed by atoms with Crippen molar-refractivity contribution in [3.8, 4) is 0 Å². The Bertz CT molecular complexity index is 607. The summed E-state index contributed by atoms with van der Waals surface area (Å²) in [5.74, 6) is -0.233. The number of aryl methyl sites for hydroxylation is 1. The molecule has 1 aromatic rings. The summed E-state index contributed by atoms with van der Waals surface area (Å²) in [6.45, 7) is 4.65. The van der Waals surface area contributed by atoms with Crippen LogP contribution >= 0.6 is 0 Å². The fourth-order valence-electron chi connectivity index (χ4n) is 2.09. The summed E-state index contributed by atoms with van der Waals surface area (Å²) in [7, 11) is -3.55. The molecule has 0 atom stereocenters. The number of anilines is 1. The predicted molar refractivity (Wildman–Crippen MR) is 75.1 cm³/mol. The summed E-state index contributed by atoms with van der Waals surface area (Å²) in [6, 6.07) is 4.88. The van der Waals surface area contributed by atoms with E-state index in [1.54, 1.807) is 19.1 Å². The van der Waals surface area contributed by atoms with Crippen LogP contribution in [0.5, 0.6) is 0 Å². The molecule has 2 rings (SSSR count). The molecule has 1 aliphatic heterocycles. The molecule has 0 aromatic heterocycles. The number of amides is 1. The minimum atomic E-state index is -3.55. The lowest BCUT2D eigenvalue weighted by Crippen LogP contribution is -2.40. The molecule has 7 heteroatoms. The topological polar surface area (TPSA) is 75.7 Å². The quantitative estimate of drug-likeness (QED) is 0.902. The van der Waals surface area contributed by atoms with E-state index in [2.05, 4.69) is 5.32 Å². The van der Waals surface area contributed by atoms with E-state index in [1.807, 2.05) is 0 Å². The number of sulfonamides is 1.